The number of benzene rings is 1. The van der Waals surface area contributed by atoms with Gasteiger partial charge in [0.1, 0.15) is 0 Å². The van der Waals surface area contributed by atoms with Crippen molar-refractivity contribution in [1.82, 2.24) is 9.88 Å². The number of likely N-dealkylation sites (N-methyl/N-ethyl adjacent to an activating group) is 1. The number of halogens is 1. The molecule has 3 nitrogen and oxygen atoms in total. The summed E-state index contributed by atoms with van der Waals surface area (Å²) in [6, 6.07) is 8.36. The van der Waals surface area contributed by atoms with Gasteiger partial charge in [-0.15, -0.1) is 0 Å². The van der Waals surface area contributed by atoms with Crippen molar-refractivity contribution in [3.8, 4) is 0 Å². The summed E-state index contributed by atoms with van der Waals surface area (Å²) in [5.41, 5.74) is 8.61. The predicted octanol–water partition coefficient (Wildman–Crippen LogP) is 3.37. The van der Waals surface area contributed by atoms with Crippen molar-refractivity contribution in [3.63, 3.8) is 0 Å². The second-order valence-corrected chi connectivity index (χ2v) is 6.03. The normalized spacial score (nSPS) is 24.8. The zero-order valence-corrected chi connectivity index (χ0v) is 12.5. The van der Waals surface area contributed by atoms with Crippen LogP contribution in [-0.2, 0) is 0 Å². The fourth-order valence-electron chi connectivity index (χ4n) is 3.23. The highest BCUT2D eigenvalue weighted by Crippen LogP contribution is 2.34. The molecule has 2 aromatic rings. The van der Waals surface area contributed by atoms with Crippen LogP contribution < -0.4 is 5.73 Å². The summed E-state index contributed by atoms with van der Waals surface area (Å²) in [6.45, 7) is 1.08. The molecule has 3 rings (SSSR count). The smallest absolute Gasteiger partial charge is 0.0765 e. The average molecular weight is 290 g/mol. The van der Waals surface area contributed by atoms with Crippen molar-refractivity contribution in [2.24, 2.45) is 5.73 Å². The molecule has 20 heavy (non-hydrogen) atoms. The van der Waals surface area contributed by atoms with E-state index in [0.29, 0.717) is 0 Å². The molecule has 2 atom stereocenters. The van der Waals surface area contributed by atoms with Gasteiger partial charge < -0.3 is 5.73 Å². The topological polar surface area (TPSA) is 42.1 Å². The Morgan fingerprint density at radius 2 is 2.15 bits per heavy atom. The standard InChI is InChI=1S/C16H20ClN3/c1-20-10-3-2-6-14(18)16(20)12-7-8-13(17)11-5-4-9-19-15(11)12/h4-5,7-9,14,16H,2-3,6,10,18H2,1H3. The van der Waals surface area contributed by atoms with Gasteiger partial charge in [-0.1, -0.05) is 24.1 Å². The third-order valence-corrected chi connectivity index (χ3v) is 4.57. The monoisotopic (exact) mass is 289 g/mol. The van der Waals surface area contributed by atoms with Crippen molar-refractivity contribution < 1.29 is 0 Å². The van der Waals surface area contributed by atoms with Crippen LogP contribution in [0.4, 0.5) is 0 Å². The van der Waals surface area contributed by atoms with E-state index in [-0.39, 0.29) is 12.1 Å². The lowest BCUT2D eigenvalue weighted by Gasteiger charge is -2.31. The molecule has 1 saturated heterocycles. The molecule has 106 valence electrons. The minimum absolute atomic E-state index is 0.147. The highest BCUT2D eigenvalue weighted by Gasteiger charge is 2.28. The summed E-state index contributed by atoms with van der Waals surface area (Å²) in [6.07, 6.45) is 5.29. The van der Waals surface area contributed by atoms with Crippen molar-refractivity contribution >= 4 is 22.5 Å². The third kappa shape index (κ3) is 2.41. The summed E-state index contributed by atoms with van der Waals surface area (Å²) in [5, 5.41) is 1.76. The molecule has 0 aliphatic carbocycles. The van der Waals surface area contributed by atoms with Gasteiger partial charge in [0.25, 0.3) is 0 Å². The van der Waals surface area contributed by atoms with E-state index in [0.717, 1.165) is 28.9 Å². The van der Waals surface area contributed by atoms with Crippen LogP contribution in [-0.4, -0.2) is 29.5 Å². The van der Waals surface area contributed by atoms with E-state index in [1.54, 1.807) is 0 Å². The molecule has 1 aromatic heterocycles. The minimum Gasteiger partial charge on any atom is -0.326 e. The number of hydrogen-bond acceptors (Lipinski definition) is 3. The van der Waals surface area contributed by atoms with Crippen molar-refractivity contribution in [3.05, 3.63) is 41.0 Å². The Morgan fingerprint density at radius 3 is 3.00 bits per heavy atom. The first-order chi connectivity index (χ1) is 9.68. The van der Waals surface area contributed by atoms with Gasteiger partial charge in [-0.3, -0.25) is 9.88 Å². The molecule has 0 amide bonds. The first-order valence-corrected chi connectivity index (χ1v) is 7.55. The summed E-state index contributed by atoms with van der Waals surface area (Å²) in [5.74, 6) is 0. The summed E-state index contributed by atoms with van der Waals surface area (Å²) in [4.78, 5) is 6.91. The zero-order valence-electron chi connectivity index (χ0n) is 11.7. The lowest BCUT2D eigenvalue weighted by molar-refractivity contribution is 0.231. The minimum atomic E-state index is 0.147. The lowest BCUT2D eigenvalue weighted by Crippen LogP contribution is -2.37. The maximum Gasteiger partial charge on any atom is 0.0765 e. The largest absolute Gasteiger partial charge is 0.326 e. The first-order valence-electron chi connectivity index (χ1n) is 7.17. The number of hydrogen-bond donors (Lipinski definition) is 1. The Balaban J connectivity index is 2.15. The Kier molecular flexibility index (Phi) is 3.92. The van der Waals surface area contributed by atoms with Crippen LogP contribution in [0.15, 0.2) is 30.5 Å². The van der Waals surface area contributed by atoms with Crippen LogP contribution in [0, 0.1) is 0 Å². The van der Waals surface area contributed by atoms with E-state index in [2.05, 4.69) is 23.0 Å². The lowest BCUT2D eigenvalue weighted by atomic mass is 9.94. The van der Waals surface area contributed by atoms with Gasteiger partial charge in [-0.25, -0.2) is 0 Å². The number of nitrogens with two attached hydrogens (primary N) is 1. The van der Waals surface area contributed by atoms with E-state index in [1.165, 1.54) is 18.4 Å². The van der Waals surface area contributed by atoms with E-state index < -0.39 is 0 Å². The molecular weight excluding hydrogens is 270 g/mol. The van der Waals surface area contributed by atoms with Crippen molar-refractivity contribution in [2.75, 3.05) is 13.6 Å². The number of rotatable bonds is 1. The molecule has 1 aliphatic heterocycles. The van der Waals surface area contributed by atoms with Gasteiger partial charge in [0.2, 0.25) is 0 Å². The molecule has 4 heteroatoms. The van der Waals surface area contributed by atoms with Crippen LogP contribution in [0.3, 0.4) is 0 Å². The first kappa shape index (κ1) is 13.8. The van der Waals surface area contributed by atoms with Crippen LogP contribution in [0.25, 0.3) is 10.9 Å². The third-order valence-electron chi connectivity index (χ3n) is 4.25. The van der Waals surface area contributed by atoms with Gasteiger partial charge in [0.15, 0.2) is 0 Å². The maximum atomic E-state index is 6.43. The fraction of sp³-hybridized carbons (Fsp3) is 0.438. The quantitative estimate of drug-likeness (QED) is 0.875. The van der Waals surface area contributed by atoms with E-state index in [4.69, 9.17) is 17.3 Å². The molecule has 2 heterocycles. The predicted molar refractivity (Wildman–Crippen MR) is 84.0 cm³/mol. The van der Waals surface area contributed by atoms with E-state index in [9.17, 15) is 0 Å². The second-order valence-electron chi connectivity index (χ2n) is 5.62. The molecule has 2 N–H and O–H groups in total. The van der Waals surface area contributed by atoms with Crippen LogP contribution in [0.1, 0.15) is 30.9 Å². The van der Waals surface area contributed by atoms with Crippen molar-refractivity contribution in [2.45, 2.75) is 31.3 Å². The number of aromatic nitrogens is 1. The average Bonchev–Trinajstić information content (AvgIpc) is 2.62. The van der Waals surface area contributed by atoms with Crippen LogP contribution >= 0.6 is 11.6 Å². The molecule has 0 saturated carbocycles. The Hall–Kier alpha value is -1.16. The zero-order chi connectivity index (χ0) is 14.1. The molecule has 0 spiro atoms. The summed E-state index contributed by atoms with van der Waals surface area (Å²) >= 11 is 6.29. The Bertz CT molecular complexity index is 602. The van der Waals surface area contributed by atoms with Crippen LogP contribution in [0.5, 0.6) is 0 Å². The van der Waals surface area contributed by atoms with Gasteiger partial charge >= 0.3 is 0 Å². The van der Waals surface area contributed by atoms with Gasteiger partial charge in [0.05, 0.1) is 11.6 Å². The molecule has 2 unspecified atom stereocenters. The van der Waals surface area contributed by atoms with Gasteiger partial charge in [0, 0.05) is 22.6 Å². The molecule has 0 bridgehead atoms. The molecule has 1 aliphatic rings. The molecule has 0 radical (unpaired) electrons. The number of nitrogens with zero attached hydrogens (tertiary/aromatic N) is 2. The number of likely N-dealkylation sites (tertiary alicyclic amines) is 1. The van der Waals surface area contributed by atoms with E-state index in [1.807, 2.05) is 24.4 Å². The van der Waals surface area contributed by atoms with Crippen LogP contribution in [0.2, 0.25) is 5.02 Å². The van der Waals surface area contributed by atoms with Gasteiger partial charge in [-0.2, -0.15) is 0 Å². The molecule has 1 fully saturated rings. The van der Waals surface area contributed by atoms with E-state index >= 15 is 0 Å². The van der Waals surface area contributed by atoms with Gasteiger partial charge in [-0.05, 0) is 50.2 Å². The highest BCUT2D eigenvalue weighted by molar-refractivity contribution is 6.35. The summed E-state index contributed by atoms with van der Waals surface area (Å²) < 4.78 is 0. The van der Waals surface area contributed by atoms with Crippen molar-refractivity contribution in [1.29, 1.82) is 0 Å². The molecular formula is C16H20ClN3. The Labute approximate surface area is 124 Å². The Morgan fingerprint density at radius 1 is 1.30 bits per heavy atom. The number of fused-ring (bicyclic) bond motifs is 1. The maximum absolute atomic E-state index is 6.43. The molecule has 1 aromatic carbocycles. The number of pyridine rings is 1. The highest BCUT2D eigenvalue weighted by atomic mass is 35.5. The second kappa shape index (κ2) is 5.68. The SMILES string of the molecule is CN1CCCCC(N)C1c1ccc(Cl)c2cccnc12. The fourth-order valence-corrected chi connectivity index (χ4v) is 3.45. The summed E-state index contributed by atoms with van der Waals surface area (Å²) in [7, 11) is 2.15.